The molecule has 1 saturated carbocycles. The van der Waals surface area contributed by atoms with Crippen LogP contribution in [0.1, 0.15) is 48.9 Å². The van der Waals surface area contributed by atoms with E-state index < -0.39 is 0 Å². The quantitative estimate of drug-likeness (QED) is 0.661. The number of carbonyl (C=O) groups is 2. The van der Waals surface area contributed by atoms with Crippen LogP contribution in [-0.4, -0.2) is 47.8 Å². The predicted octanol–water partition coefficient (Wildman–Crippen LogP) is 3.55. The molecule has 2 amide bonds. The molecule has 0 spiro atoms. The van der Waals surface area contributed by atoms with Gasteiger partial charge in [-0.15, -0.1) is 0 Å². The van der Waals surface area contributed by atoms with Crippen molar-refractivity contribution in [2.45, 2.75) is 38.5 Å². The Morgan fingerprint density at radius 2 is 1.54 bits per heavy atom. The molecule has 1 aromatic carbocycles. The number of carbonyl (C=O) groups excluding carboxylic acids is 2. The largest absolute Gasteiger partial charge is 0.341 e. The lowest BCUT2D eigenvalue weighted by atomic mass is 9.88. The van der Waals surface area contributed by atoms with E-state index in [4.69, 9.17) is 0 Å². The second kappa shape index (κ2) is 8.32. The highest BCUT2D eigenvalue weighted by molar-refractivity contribution is 14.1. The maximum absolute atomic E-state index is 12.8. The summed E-state index contributed by atoms with van der Waals surface area (Å²) in [6, 6.07) is 7.71. The van der Waals surface area contributed by atoms with E-state index in [0.29, 0.717) is 19.0 Å². The van der Waals surface area contributed by atoms with E-state index in [1.54, 1.807) is 0 Å². The van der Waals surface area contributed by atoms with Crippen molar-refractivity contribution in [3.8, 4) is 0 Å². The summed E-state index contributed by atoms with van der Waals surface area (Å²) < 4.78 is 0.986. The number of hydrogen-bond donors (Lipinski definition) is 0. The number of halogens is 1. The van der Waals surface area contributed by atoms with Gasteiger partial charge in [0.05, 0.1) is 5.56 Å². The fourth-order valence-electron chi connectivity index (χ4n) is 3.75. The molecule has 0 aromatic heterocycles. The van der Waals surface area contributed by atoms with Crippen LogP contribution in [0, 0.1) is 9.49 Å². The van der Waals surface area contributed by atoms with Gasteiger partial charge in [-0.05, 0) is 54.0 Å². The summed E-state index contributed by atoms with van der Waals surface area (Å²) in [5.41, 5.74) is 0.769. The molecule has 1 aliphatic heterocycles. The van der Waals surface area contributed by atoms with Crippen molar-refractivity contribution in [3.63, 3.8) is 0 Å². The molecule has 1 heterocycles. The van der Waals surface area contributed by atoms with Crippen molar-refractivity contribution < 1.29 is 9.59 Å². The SMILES string of the molecule is O=C(c1ccccc1I)N1CCCN(C(=O)C2CCCCC2)CC1. The number of benzene rings is 1. The van der Waals surface area contributed by atoms with E-state index in [2.05, 4.69) is 22.6 Å². The molecule has 24 heavy (non-hydrogen) atoms. The summed E-state index contributed by atoms with van der Waals surface area (Å²) in [6.45, 7) is 2.83. The first-order valence-corrected chi connectivity index (χ1v) is 10.1. The summed E-state index contributed by atoms with van der Waals surface area (Å²) in [6.07, 6.45) is 6.58. The summed E-state index contributed by atoms with van der Waals surface area (Å²) >= 11 is 2.21. The van der Waals surface area contributed by atoms with Gasteiger partial charge < -0.3 is 9.80 Å². The second-order valence-corrected chi connectivity index (χ2v) is 7.95. The molecule has 1 aliphatic carbocycles. The first-order valence-electron chi connectivity index (χ1n) is 8.99. The van der Waals surface area contributed by atoms with Crippen LogP contribution in [0.3, 0.4) is 0 Å². The van der Waals surface area contributed by atoms with Gasteiger partial charge in [-0.2, -0.15) is 0 Å². The molecular formula is C19H25IN2O2. The number of amides is 2. The monoisotopic (exact) mass is 440 g/mol. The molecule has 4 nitrogen and oxygen atoms in total. The van der Waals surface area contributed by atoms with Gasteiger partial charge in [0.2, 0.25) is 5.91 Å². The van der Waals surface area contributed by atoms with Gasteiger partial charge in [0.1, 0.15) is 0 Å². The van der Waals surface area contributed by atoms with E-state index in [1.807, 2.05) is 34.1 Å². The Hall–Kier alpha value is -1.11. The molecule has 2 aliphatic rings. The summed E-state index contributed by atoms with van der Waals surface area (Å²) in [4.78, 5) is 29.4. The highest BCUT2D eigenvalue weighted by atomic mass is 127. The molecule has 5 heteroatoms. The highest BCUT2D eigenvalue weighted by Gasteiger charge is 2.28. The molecule has 0 atom stereocenters. The number of hydrogen-bond acceptors (Lipinski definition) is 2. The van der Waals surface area contributed by atoms with Crippen molar-refractivity contribution in [2.75, 3.05) is 26.2 Å². The van der Waals surface area contributed by atoms with Crippen molar-refractivity contribution in [1.29, 1.82) is 0 Å². The molecule has 0 unspecified atom stereocenters. The van der Waals surface area contributed by atoms with E-state index >= 15 is 0 Å². The van der Waals surface area contributed by atoms with E-state index in [0.717, 1.165) is 41.5 Å². The fourth-order valence-corrected chi connectivity index (χ4v) is 4.37. The third kappa shape index (κ3) is 4.10. The van der Waals surface area contributed by atoms with Gasteiger partial charge in [0, 0.05) is 35.7 Å². The van der Waals surface area contributed by atoms with Gasteiger partial charge in [0.25, 0.3) is 5.91 Å². The number of nitrogens with zero attached hydrogens (tertiary/aromatic N) is 2. The highest BCUT2D eigenvalue weighted by Crippen LogP contribution is 2.26. The van der Waals surface area contributed by atoms with Crippen molar-refractivity contribution in [3.05, 3.63) is 33.4 Å². The van der Waals surface area contributed by atoms with Gasteiger partial charge >= 0.3 is 0 Å². The Morgan fingerprint density at radius 1 is 0.875 bits per heavy atom. The van der Waals surface area contributed by atoms with Crippen molar-refractivity contribution in [2.24, 2.45) is 5.92 Å². The topological polar surface area (TPSA) is 40.6 Å². The van der Waals surface area contributed by atoms with E-state index in [-0.39, 0.29) is 11.8 Å². The van der Waals surface area contributed by atoms with Crippen LogP contribution in [-0.2, 0) is 4.79 Å². The van der Waals surface area contributed by atoms with E-state index in [1.165, 1.54) is 19.3 Å². The Labute approximate surface area is 157 Å². The lowest BCUT2D eigenvalue weighted by molar-refractivity contribution is -0.136. The first kappa shape index (κ1) is 17.7. The second-order valence-electron chi connectivity index (χ2n) is 6.79. The minimum Gasteiger partial charge on any atom is -0.341 e. The Bertz CT molecular complexity index is 599. The first-order chi connectivity index (χ1) is 11.7. The average Bonchev–Trinajstić information content (AvgIpc) is 2.88. The van der Waals surface area contributed by atoms with Crippen LogP contribution in [0.4, 0.5) is 0 Å². The number of rotatable bonds is 2. The maximum Gasteiger partial charge on any atom is 0.254 e. The third-order valence-electron chi connectivity index (χ3n) is 5.15. The van der Waals surface area contributed by atoms with Gasteiger partial charge in [-0.3, -0.25) is 9.59 Å². The lowest BCUT2D eigenvalue weighted by Gasteiger charge is -2.28. The Morgan fingerprint density at radius 3 is 2.29 bits per heavy atom. The molecule has 130 valence electrons. The molecule has 1 aromatic rings. The van der Waals surface area contributed by atoms with Crippen LogP contribution < -0.4 is 0 Å². The van der Waals surface area contributed by atoms with Crippen LogP contribution in [0.15, 0.2) is 24.3 Å². The van der Waals surface area contributed by atoms with Gasteiger partial charge in [-0.1, -0.05) is 31.4 Å². The zero-order chi connectivity index (χ0) is 16.9. The Kier molecular flexibility index (Phi) is 6.14. The minimum absolute atomic E-state index is 0.0898. The molecule has 0 bridgehead atoms. The van der Waals surface area contributed by atoms with Gasteiger partial charge in [0.15, 0.2) is 0 Å². The van der Waals surface area contributed by atoms with Crippen molar-refractivity contribution >= 4 is 34.4 Å². The van der Waals surface area contributed by atoms with Gasteiger partial charge in [-0.25, -0.2) is 0 Å². The summed E-state index contributed by atoms with van der Waals surface area (Å²) in [5, 5.41) is 0. The van der Waals surface area contributed by atoms with Crippen LogP contribution in [0.25, 0.3) is 0 Å². The normalized spacial score (nSPS) is 19.9. The minimum atomic E-state index is 0.0898. The summed E-state index contributed by atoms with van der Waals surface area (Å²) in [7, 11) is 0. The summed E-state index contributed by atoms with van der Waals surface area (Å²) in [5.74, 6) is 0.626. The van der Waals surface area contributed by atoms with Crippen LogP contribution in [0.5, 0.6) is 0 Å². The molecule has 3 rings (SSSR count). The smallest absolute Gasteiger partial charge is 0.254 e. The molecule has 2 fully saturated rings. The Balaban J connectivity index is 1.61. The molecule has 0 N–H and O–H groups in total. The average molecular weight is 440 g/mol. The molecular weight excluding hydrogens is 415 g/mol. The van der Waals surface area contributed by atoms with Crippen molar-refractivity contribution in [1.82, 2.24) is 9.80 Å². The maximum atomic E-state index is 12.8. The predicted molar refractivity (Wildman–Crippen MR) is 103 cm³/mol. The van der Waals surface area contributed by atoms with Crippen LogP contribution in [0.2, 0.25) is 0 Å². The lowest BCUT2D eigenvalue weighted by Crippen LogP contribution is -2.40. The standard InChI is InChI=1S/C19H25IN2O2/c20-17-10-5-4-9-16(17)19(24)22-12-6-11-21(13-14-22)18(23)15-7-2-1-3-8-15/h4-5,9-10,15H,1-3,6-8,11-14H2. The third-order valence-corrected chi connectivity index (χ3v) is 6.09. The van der Waals surface area contributed by atoms with Crippen LogP contribution >= 0.6 is 22.6 Å². The molecule has 1 saturated heterocycles. The fraction of sp³-hybridized carbons (Fsp3) is 0.579. The van der Waals surface area contributed by atoms with E-state index in [9.17, 15) is 9.59 Å². The molecule has 0 radical (unpaired) electrons. The zero-order valence-electron chi connectivity index (χ0n) is 14.0. The zero-order valence-corrected chi connectivity index (χ0v) is 16.2.